The average molecular weight is 467 g/mol. The van der Waals surface area contributed by atoms with E-state index in [1.807, 2.05) is 67.9 Å². The Balaban J connectivity index is 1.65. The zero-order chi connectivity index (χ0) is 23.0. The van der Waals surface area contributed by atoms with Crippen molar-refractivity contribution in [3.8, 4) is 5.75 Å². The Morgan fingerprint density at radius 1 is 1.19 bits per heavy atom. The largest absolute Gasteiger partial charge is 0.496 e. The van der Waals surface area contributed by atoms with Crippen molar-refractivity contribution in [3.05, 3.63) is 81.3 Å². The quantitative estimate of drug-likeness (QED) is 0.433. The number of rotatable bonds is 5. The summed E-state index contributed by atoms with van der Waals surface area (Å²) in [6, 6.07) is 13.4. The van der Waals surface area contributed by atoms with Crippen LogP contribution in [-0.2, 0) is 11.3 Å². The fourth-order valence-electron chi connectivity index (χ4n) is 3.71. The molecule has 0 aliphatic carbocycles. The van der Waals surface area contributed by atoms with Crippen molar-refractivity contribution in [1.82, 2.24) is 15.1 Å². The minimum Gasteiger partial charge on any atom is -0.496 e. The predicted molar refractivity (Wildman–Crippen MR) is 131 cm³/mol. The highest BCUT2D eigenvalue weighted by atomic mass is 35.5. The lowest BCUT2D eigenvalue weighted by Gasteiger charge is -2.14. The summed E-state index contributed by atoms with van der Waals surface area (Å²) < 4.78 is 7.38. The first kappa shape index (κ1) is 22.0. The van der Waals surface area contributed by atoms with Crippen molar-refractivity contribution in [1.29, 1.82) is 0 Å². The van der Waals surface area contributed by atoms with E-state index in [2.05, 4.69) is 10.4 Å². The summed E-state index contributed by atoms with van der Waals surface area (Å²) in [5.74, 6) is 0.543. The Morgan fingerprint density at radius 2 is 1.97 bits per heavy atom. The number of amides is 1. The van der Waals surface area contributed by atoms with Crippen molar-refractivity contribution in [2.45, 2.75) is 27.3 Å². The zero-order valence-electron chi connectivity index (χ0n) is 18.3. The summed E-state index contributed by atoms with van der Waals surface area (Å²) in [5, 5.41) is 8.57. The molecule has 0 atom stereocenters. The number of hydrogen-bond acceptors (Lipinski definition) is 4. The Labute approximate surface area is 197 Å². The molecule has 1 saturated heterocycles. The van der Waals surface area contributed by atoms with E-state index >= 15 is 0 Å². The van der Waals surface area contributed by atoms with Crippen molar-refractivity contribution in [3.63, 3.8) is 0 Å². The highest BCUT2D eigenvalue weighted by Crippen LogP contribution is 2.27. The molecule has 2 heterocycles. The number of aromatic nitrogens is 2. The van der Waals surface area contributed by atoms with E-state index in [1.165, 1.54) is 4.90 Å². The number of thiocarbonyl (C=S) groups is 1. The van der Waals surface area contributed by atoms with Gasteiger partial charge in [-0.15, -0.1) is 0 Å². The SMILES string of the molecule is COc1ccc(/C=C2/NC(=S)N(c3cccc(C)c3)C2=O)cc1Cn1nc(C)c(Cl)c1C. The Bertz CT molecular complexity index is 1260. The van der Waals surface area contributed by atoms with Crippen LogP contribution in [0.1, 0.15) is 28.1 Å². The van der Waals surface area contributed by atoms with E-state index < -0.39 is 0 Å². The summed E-state index contributed by atoms with van der Waals surface area (Å²) in [7, 11) is 1.63. The van der Waals surface area contributed by atoms with Gasteiger partial charge >= 0.3 is 0 Å². The van der Waals surface area contributed by atoms with E-state index in [1.54, 1.807) is 13.2 Å². The van der Waals surface area contributed by atoms with E-state index in [-0.39, 0.29) is 5.91 Å². The maximum absolute atomic E-state index is 13.1. The molecule has 3 aromatic rings. The van der Waals surface area contributed by atoms with Gasteiger partial charge in [-0.05, 0) is 74.5 Å². The first-order valence-corrected chi connectivity index (χ1v) is 10.9. The summed E-state index contributed by atoms with van der Waals surface area (Å²) in [6.07, 6.45) is 1.79. The van der Waals surface area contributed by atoms with Crippen LogP contribution < -0.4 is 15.0 Å². The smallest absolute Gasteiger partial charge is 0.281 e. The van der Waals surface area contributed by atoms with Crippen LogP contribution in [0.2, 0.25) is 5.02 Å². The van der Waals surface area contributed by atoms with Gasteiger partial charge in [0.2, 0.25) is 0 Å². The number of anilines is 1. The maximum Gasteiger partial charge on any atom is 0.281 e. The van der Waals surface area contributed by atoms with Gasteiger partial charge in [-0.1, -0.05) is 29.8 Å². The second kappa shape index (κ2) is 8.76. The number of methoxy groups -OCH3 is 1. The average Bonchev–Trinajstić information content (AvgIpc) is 3.17. The van der Waals surface area contributed by atoms with E-state index in [4.69, 9.17) is 28.6 Å². The number of carbonyl (C=O) groups excluding carboxylic acids is 1. The maximum atomic E-state index is 13.1. The van der Waals surface area contributed by atoms with E-state index in [9.17, 15) is 4.79 Å². The van der Waals surface area contributed by atoms with Gasteiger partial charge in [0.25, 0.3) is 5.91 Å². The molecular weight excluding hydrogens is 444 g/mol. The first-order valence-electron chi connectivity index (χ1n) is 10.1. The van der Waals surface area contributed by atoms with Gasteiger partial charge in [0.15, 0.2) is 5.11 Å². The predicted octanol–water partition coefficient (Wildman–Crippen LogP) is 4.78. The molecule has 0 spiro atoms. The molecule has 1 fully saturated rings. The number of benzene rings is 2. The molecule has 2 aromatic carbocycles. The Kier molecular flexibility index (Phi) is 6.04. The van der Waals surface area contributed by atoms with E-state index in [0.29, 0.717) is 22.4 Å². The molecular formula is C24H23ClN4O2S. The molecule has 4 rings (SSSR count). The monoisotopic (exact) mass is 466 g/mol. The highest BCUT2D eigenvalue weighted by molar-refractivity contribution is 7.80. The van der Waals surface area contributed by atoms with Crippen LogP contribution in [0.4, 0.5) is 5.69 Å². The molecule has 164 valence electrons. The molecule has 0 radical (unpaired) electrons. The molecule has 1 amide bonds. The lowest BCUT2D eigenvalue weighted by Crippen LogP contribution is -2.30. The van der Waals surface area contributed by atoms with Gasteiger partial charge in [-0.2, -0.15) is 5.10 Å². The molecule has 1 aliphatic rings. The molecule has 1 N–H and O–H groups in total. The van der Waals surface area contributed by atoms with Crippen LogP contribution in [0.3, 0.4) is 0 Å². The van der Waals surface area contributed by atoms with Gasteiger partial charge in [0.1, 0.15) is 11.4 Å². The van der Waals surface area contributed by atoms with Gasteiger partial charge < -0.3 is 10.1 Å². The minimum atomic E-state index is -0.191. The topological polar surface area (TPSA) is 59.4 Å². The highest BCUT2D eigenvalue weighted by Gasteiger charge is 2.32. The van der Waals surface area contributed by atoms with Gasteiger partial charge in [0.05, 0.1) is 35.8 Å². The van der Waals surface area contributed by atoms with Crippen molar-refractivity contribution in [2.75, 3.05) is 12.0 Å². The normalized spacial score (nSPS) is 14.9. The molecule has 6 nitrogen and oxygen atoms in total. The molecule has 0 bridgehead atoms. The lowest BCUT2D eigenvalue weighted by atomic mass is 10.1. The van der Waals surface area contributed by atoms with E-state index in [0.717, 1.165) is 39.5 Å². The van der Waals surface area contributed by atoms with Crippen LogP contribution >= 0.6 is 23.8 Å². The fraction of sp³-hybridized carbons (Fsp3) is 0.208. The number of halogens is 1. The van der Waals surface area contributed by atoms with Crippen LogP contribution in [0.25, 0.3) is 6.08 Å². The summed E-state index contributed by atoms with van der Waals surface area (Å²) >= 11 is 11.7. The second-order valence-corrected chi connectivity index (χ2v) is 8.45. The second-order valence-electron chi connectivity index (χ2n) is 7.68. The Hall–Kier alpha value is -3.16. The first-order chi connectivity index (χ1) is 15.3. The lowest BCUT2D eigenvalue weighted by molar-refractivity contribution is -0.113. The number of ether oxygens (including phenoxy) is 1. The number of carbonyl (C=O) groups is 1. The van der Waals surface area contributed by atoms with Crippen molar-refractivity contribution in [2.24, 2.45) is 0 Å². The molecule has 1 aliphatic heterocycles. The molecule has 8 heteroatoms. The minimum absolute atomic E-state index is 0.191. The molecule has 32 heavy (non-hydrogen) atoms. The third kappa shape index (κ3) is 4.13. The number of nitrogens with one attached hydrogen (secondary N) is 1. The number of hydrogen-bond donors (Lipinski definition) is 1. The van der Waals surface area contributed by atoms with Crippen LogP contribution in [-0.4, -0.2) is 27.9 Å². The molecule has 0 saturated carbocycles. The van der Waals surface area contributed by atoms with Gasteiger partial charge in [0, 0.05) is 5.56 Å². The summed E-state index contributed by atoms with van der Waals surface area (Å²) in [5.41, 5.74) is 5.66. The van der Waals surface area contributed by atoms with Gasteiger partial charge in [-0.25, -0.2) is 0 Å². The summed E-state index contributed by atoms with van der Waals surface area (Å²) in [6.45, 7) is 6.29. The molecule has 0 unspecified atom stereocenters. The zero-order valence-corrected chi connectivity index (χ0v) is 19.8. The van der Waals surface area contributed by atoms with Crippen LogP contribution in [0, 0.1) is 20.8 Å². The number of nitrogens with zero attached hydrogens (tertiary/aromatic N) is 3. The van der Waals surface area contributed by atoms with Gasteiger partial charge in [-0.3, -0.25) is 14.4 Å². The van der Waals surface area contributed by atoms with Crippen LogP contribution in [0.15, 0.2) is 48.2 Å². The standard InChI is InChI=1S/C24H23ClN4O2S/c1-14-6-5-7-19(10-14)29-23(30)20(26-24(29)32)12-17-8-9-21(31-4)18(11-17)13-28-16(3)22(25)15(2)27-28/h5-12H,13H2,1-4H3,(H,26,32)/b20-12+. The van der Waals surface area contributed by atoms with Crippen molar-refractivity contribution < 1.29 is 9.53 Å². The molecule has 1 aromatic heterocycles. The van der Waals surface area contributed by atoms with Crippen molar-refractivity contribution >= 4 is 46.6 Å². The summed E-state index contributed by atoms with van der Waals surface area (Å²) in [4.78, 5) is 14.6. The fourth-order valence-corrected chi connectivity index (χ4v) is 4.14. The van der Waals surface area contributed by atoms with Crippen LogP contribution in [0.5, 0.6) is 5.75 Å². The number of aryl methyl sites for hydroxylation is 2. The third-order valence-corrected chi connectivity index (χ3v) is 6.20. The Morgan fingerprint density at radius 3 is 2.62 bits per heavy atom. The third-order valence-electron chi connectivity index (χ3n) is 5.37.